The number of nitrogens with zero attached hydrogens (tertiary/aromatic N) is 1. The van der Waals surface area contributed by atoms with Gasteiger partial charge >= 0.3 is 12.1 Å². The van der Waals surface area contributed by atoms with Crippen LogP contribution in [0, 0.1) is 5.92 Å². The first-order valence-electron chi connectivity index (χ1n) is 9.37. The number of nitrogens with one attached hydrogen (secondary N) is 1. The minimum absolute atomic E-state index is 0.135. The van der Waals surface area contributed by atoms with Crippen molar-refractivity contribution in [2.45, 2.75) is 40.0 Å². The normalized spacial score (nSPS) is 15.3. The third kappa shape index (κ3) is 6.05. The largest absolute Gasteiger partial charge is 0.451 e. The van der Waals surface area contributed by atoms with Crippen LogP contribution in [0.15, 0.2) is 6.07 Å². The van der Waals surface area contributed by atoms with Gasteiger partial charge in [0.05, 0.1) is 6.61 Å². The molecular formula is C19H26N2O6S. The highest BCUT2D eigenvalue weighted by Gasteiger charge is 2.23. The minimum atomic E-state index is -0.863. The average Bonchev–Trinajstić information content (AvgIpc) is 3.07. The minimum Gasteiger partial charge on any atom is -0.451 e. The molecule has 0 saturated carbocycles. The van der Waals surface area contributed by atoms with Crippen LogP contribution in [-0.4, -0.2) is 55.1 Å². The zero-order valence-electron chi connectivity index (χ0n) is 16.4. The fraction of sp³-hybridized carbons (Fsp3) is 0.579. The molecule has 2 rings (SSSR count). The van der Waals surface area contributed by atoms with Gasteiger partial charge in [0.25, 0.3) is 5.91 Å². The lowest BCUT2D eigenvalue weighted by Crippen LogP contribution is -2.44. The van der Waals surface area contributed by atoms with Gasteiger partial charge in [-0.1, -0.05) is 6.92 Å². The molecule has 0 aromatic carbocycles. The van der Waals surface area contributed by atoms with Crippen molar-refractivity contribution < 1.29 is 28.7 Å². The molecule has 9 heteroatoms. The van der Waals surface area contributed by atoms with Crippen LogP contribution in [0.1, 0.15) is 47.3 Å². The highest BCUT2D eigenvalue weighted by atomic mass is 32.1. The SMILES string of the molecule is CCOC(=O)NC(=O)CN(CC)C(=O)COC(=O)c1cc2c(s1)CC[C@H](C)C2. The Bertz CT molecular complexity index is 745. The molecule has 0 fully saturated rings. The van der Waals surface area contributed by atoms with Crippen LogP contribution in [0.5, 0.6) is 0 Å². The Labute approximate surface area is 168 Å². The molecule has 0 unspecified atom stereocenters. The first kappa shape index (κ1) is 21.9. The number of alkyl carbamates (subject to hydrolysis) is 1. The Kier molecular flexibility index (Phi) is 7.98. The summed E-state index contributed by atoms with van der Waals surface area (Å²) >= 11 is 1.42. The van der Waals surface area contributed by atoms with E-state index in [1.165, 1.54) is 26.7 Å². The van der Waals surface area contributed by atoms with Gasteiger partial charge in [-0.15, -0.1) is 11.3 Å². The topological polar surface area (TPSA) is 102 Å². The van der Waals surface area contributed by atoms with Crippen molar-refractivity contribution in [2.24, 2.45) is 5.92 Å². The molecule has 1 aliphatic rings. The number of likely N-dealkylation sites (N-methyl/N-ethyl adjacent to an activating group) is 1. The molecule has 1 atom stereocenters. The number of rotatable bonds is 7. The zero-order chi connectivity index (χ0) is 20.7. The van der Waals surface area contributed by atoms with E-state index in [2.05, 4.69) is 11.7 Å². The number of thiophene rings is 1. The third-order valence-corrected chi connectivity index (χ3v) is 5.66. The molecule has 0 bridgehead atoms. The molecule has 1 aliphatic carbocycles. The fourth-order valence-electron chi connectivity index (χ4n) is 2.97. The molecular weight excluding hydrogens is 384 g/mol. The number of ether oxygens (including phenoxy) is 2. The number of carbonyl (C=O) groups is 4. The number of carbonyl (C=O) groups excluding carboxylic acids is 4. The van der Waals surface area contributed by atoms with Gasteiger partial charge in [-0.2, -0.15) is 0 Å². The van der Waals surface area contributed by atoms with Gasteiger partial charge in [-0.05, 0) is 50.7 Å². The Morgan fingerprint density at radius 3 is 2.68 bits per heavy atom. The van der Waals surface area contributed by atoms with Crippen molar-refractivity contribution >= 4 is 35.2 Å². The van der Waals surface area contributed by atoms with Gasteiger partial charge in [0, 0.05) is 11.4 Å². The Morgan fingerprint density at radius 1 is 1.25 bits per heavy atom. The van der Waals surface area contributed by atoms with Crippen molar-refractivity contribution in [1.29, 1.82) is 0 Å². The highest BCUT2D eigenvalue weighted by molar-refractivity contribution is 7.14. The van der Waals surface area contributed by atoms with Gasteiger partial charge in [0.2, 0.25) is 5.91 Å². The molecule has 1 aromatic heterocycles. The van der Waals surface area contributed by atoms with E-state index in [0.29, 0.717) is 10.8 Å². The summed E-state index contributed by atoms with van der Waals surface area (Å²) in [6.45, 7) is 5.08. The van der Waals surface area contributed by atoms with E-state index in [1.807, 2.05) is 11.4 Å². The lowest BCUT2D eigenvalue weighted by molar-refractivity contribution is -0.138. The average molecular weight is 410 g/mol. The number of hydrogen-bond donors (Lipinski definition) is 1. The van der Waals surface area contributed by atoms with Crippen LogP contribution in [0.3, 0.4) is 0 Å². The molecule has 0 spiro atoms. The lowest BCUT2D eigenvalue weighted by Gasteiger charge is -2.19. The second kappa shape index (κ2) is 10.2. The van der Waals surface area contributed by atoms with Gasteiger partial charge < -0.3 is 14.4 Å². The summed E-state index contributed by atoms with van der Waals surface area (Å²) in [6, 6.07) is 1.85. The molecule has 3 amide bonds. The first-order valence-corrected chi connectivity index (χ1v) is 10.2. The molecule has 0 saturated heterocycles. The predicted molar refractivity (Wildman–Crippen MR) is 103 cm³/mol. The van der Waals surface area contributed by atoms with E-state index in [-0.39, 0.29) is 19.7 Å². The summed E-state index contributed by atoms with van der Waals surface area (Å²) in [5.41, 5.74) is 1.19. The molecule has 0 aliphatic heterocycles. The molecule has 8 nitrogen and oxygen atoms in total. The summed E-state index contributed by atoms with van der Waals surface area (Å²) in [7, 11) is 0. The fourth-order valence-corrected chi connectivity index (χ4v) is 4.07. The second-order valence-electron chi connectivity index (χ2n) is 6.66. The third-order valence-electron chi connectivity index (χ3n) is 4.44. The lowest BCUT2D eigenvalue weighted by atomic mass is 9.90. The number of amides is 3. The zero-order valence-corrected chi connectivity index (χ0v) is 17.2. The maximum atomic E-state index is 12.3. The summed E-state index contributed by atoms with van der Waals surface area (Å²) in [5, 5.41) is 2.02. The quantitative estimate of drug-likeness (QED) is 0.691. The van der Waals surface area contributed by atoms with Crippen LogP contribution in [0.4, 0.5) is 4.79 Å². The maximum absolute atomic E-state index is 12.3. The van der Waals surface area contributed by atoms with E-state index in [0.717, 1.165) is 19.3 Å². The molecule has 154 valence electrons. The number of esters is 1. The summed E-state index contributed by atoms with van der Waals surface area (Å²) in [4.78, 5) is 50.5. The van der Waals surface area contributed by atoms with E-state index in [1.54, 1.807) is 13.8 Å². The van der Waals surface area contributed by atoms with Gasteiger partial charge in [0.15, 0.2) is 6.61 Å². The van der Waals surface area contributed by atoms with E-state index in [4.69, 9.17) is 4.74 Å². The van der Waals surface area contributed by atoms with Crippen LogP contribution < -0.4 is 5.32 Å². The van der Waals surface area contributed by atoms with Crippen LogP contribution >= 0.6 is 11.3 Å². The number of fused-ring (bicyclic) bond motifs is 1. The summed E-state index contributed by atoms with van der Waals surface area (Å²) in [5.74, 6) is -1.11. The molecule has 28 heavy (non-hydrogen) atoms. The van der Waals surface area contributed by atoms with E-state index >= 15 is 0 Å². The monoisotopic (exact) mass is 410 g/mol. The molecule has 1 N–H and O–H groups in total. The Morgan fingerprint density at radius 2 is 2.00 bits per heavy atom. The van der Waals surface area contributed by atoms with E-state index in [9.17, 15) is 19.2 Å². The van der Waals surface area contributed by atoms with Crippen molar-refractivity contribution in [3.63, 3.8) is 0 Å². The summed E-state index contributed by atoms with van der Waals surface area (Å²) < 4.78 is 9.75. The molecule has 1 heterocycles. The highest BCUT2D eigenvalue weighted by Crippen LogP contribution is 2.32. The van der Waals surface area contributed by atoms with Gasteiger partial charge in [-0.3, -0.25) is 14.9 Å². The molecule has 1 aromatic rings. The van der Waals surface area contributed by atoms with Crippen molar-refractivity contribution in [3.05, 3.63) is 21.4 Å². The summed E-state index contributed by atoms with van der Waals surface area (Å²) in [6.07, 6.45) is 2.17. The Balaban J connectivity index is 1.85. The smallest absolute Gasteiger partial charge is 0.413 e. The van der Waals surface area contributed by atoms with Crippen molar-refractivity contribution in [1.82, 2.24) is 10.2 Å². The van der Waals surface area contributed by atoms with Crippen LogP contribution in [0.2, 0.25) is 0 Å². The van der Waals surface area contributed by atoms with E-state index < -0.39 is 30.5 Å². The predicted octanol–water partition coefficient (Wildman–Crippen LogP) is 2.15. The first-order chi connectivity index (χ1) is 13.3. The van der Waals surface area contributed by atoms with Gasteiger partial charge in [0.1, 0.15) is 11.4 Å². The van der Waals surface area contributed by atoms with Gasteiger partial charge in [-0.25, -0.2) is 9.59 Å². The number of aryl methyl sites for hydroxylation is 1. The van der Waals surface area contributed by atoms with Crippen molar-refractivity contribution in [3.8, 4) is 0 Å². The van der Waals surface area contributed by atoms with Crippen LogP contribution in [0.25, 0.3) is 0 Å². The second-order valence-corrected chi connectivity index (χ2v) is 7.80. The standard InChI is InChI=1S/C19H26N2O6S/c1-4-21(10-16(22)20-19(25)26-5-2)17(23)11-27-18(24)15-9-13-8-12(3)6-7-14(13)28-15/h9,12H,4-8,10-11H2,1-3H3,(H,20,22,25)/t12-/m0/s1. The van der Waals surface area contributed by atoms with Crippen LogP contribution in [-0.2, 0) is 31.9 Å². The van der Waals surface area contributed by atoms with Crippen molar-refractivity contribution in [2.75, 3.05) is 26.3 Å². The molecule has 0 radical (unpaired) electrons. The maximum Gasteiger partial charge on any atom is 0.413 e. The number of imide groups is 1. The Hall–Kier alpha value is -2.42. The number of hydrogen-bond acceptors (Lipinski definition) is 7.